The van der Waals surface area contributed by atoms with E-state index in [0.29, 0.717) is 11.7 Å². The van der Waals surface area contributed by atoms with E-state index in [9.17, 15) is 0 Å². The average Bonchev–Trinajstić information content (AvgIpc) is 2.61. The quantitative estimate of drug-likeness (QED) is 0.712. The van der Waals surface area contributed by atoms with Crippen molar-refractivity contribution in [2.24, 2.45) is 0 Å². The van der Waals surface area contributed by atoms with Crippen molar-refractivity contribution in [3.63, 3.8) is 0 Å². The second-order valence-electron chi connectivity index (χ2n) is 6.01. The minimum atomic E-state index is 0.105. The first-order valence-electron chi connectivity index (χ1n) is 8.49. The predicted molar refractivity (Wildman–Crippen MR) is 108 cm³/mol. The van der Waals surface area contributed by atoms with Crippen molar-refractivity contribution in [2.45, 2.75) is 39.8 Å². The molecule has 0 aliphatic carbocycles. The summed E-state index contributed by atoms with van der Waals surface area (Å²) in [6.07, 6.45) is 1.13. The van der Waals surface area contributed by atoms with Crippen molar-refractivity contribution < 1.29 is 9.47 Å². The van der Waals surface area contributed by atoms with Crippen molar-refractivity contribution in [3.8, 4) is 11.5 Å². The zero-order valence-corrected chi connectivity index (χ0v) is 16.1. The van der Waals surface area contributed by atoms with Crippen LogP contribution in [0.2, 0.25) is 0 Å². The maximum atomic E-state index is 5.73. The Morgan fingerprint density at radius 1 is 1.04 bits per heavy atom. The molecule has 2 rings (SSSR count). The molecule has 0 bridgehead atoms. The Hall–Kier alpha value is -2.27. The molecule has 0 saturated heterocycles. The second kappa shape index (κ2) is 9.28. The van der Waals surface area contributed by atoms with E-state index in [1.54, 1.807) is 7.11 Å². The Morgan fingerprint density at radius 2 is 1.72 bits per heavy atom. The molecule has 0 spiro atoms. The van der Waals surface area contributed by atoms with Crippen molar-refractivity contribution in [3.05, 3.63) is 53.6 Å². The Bertz CT molecular complexity index is 699. The number of methoxy groups -OCH3 is 1. The molecule has 0 aliphatic heterocycles. The first kappa shape index (κ1) is 19.1. The maximum absolute atomic E-state index is 5.73. The van der Waals surface area contributed by atoms with Crippen LogP contribution in [0.1, 0.15) is 31.9 Å². The van der Waals surface area contributed by atoms with Crippen molar-refractivity contribution >= 4 is 23.0 Å². The lowest BCUT2D eigenvalue weighted by molar-refractivity contribution is 0.230. The molecule has 0 amide bonds. The monoisotopic (exact) mass is 358 g/mol. The summed E-state index contributed by atoms with van der Waals surface area (Å²) in [4.78, 5) is 0. The smallest absolute Gasteiger partial charge is 0.171 e. The molecule has 0 aromatic heterocycles. The van der Waals surface area contributed by atoms with Gasteiger partial charge in [0, 0.05) is 12.2 Å². The van der Waals surface area contributed by atoms with Crippen molar-refractivity contribution in [1.82, 2.24) is 5.32 Å². The van der Waals surface area contributed by atoms with Crippen LogP contribution in [0.5, 0.6) is 11.5 Å². The summed E-state index contributed by atoms with van der Waals surface area (Å²) in [6.45, 7) is 6.73. The van der Waals surface area contributed by atoms with E-state index in [2.05, 4.69) is 29.7 Å². The fourth-order valence-electron chi connectivity index (χ4n) is 2.35. The molecule has 0 aliphatic rings. The molecule has 2 aromatic carbocycles. The van der Waals surface area contributed by atoms with E-state index in [0.717, 1.165) is 29.2 Å². The van der Waals surface area contributed by atoms with Crippen LogP contribution >= 0.6 is 12.2 Å². The lowest BCUT2D eigenvalue weighted by atomic mass is 10.1. The highest BCUT2D eigenvalue weighted by atomic mass is 32.1. The molecule has 0 saturated carbocycles. The van der Waals surface area contributed by atoms with Crippen LogP contribution in [0.4, 0.5) is 5.69 Å². The van der Waals surface area contributed by atoms with Crippen LogP contribution in [0.15, 0.2) is 42.5 Å². The van der Waals surface area contributed by atoms with Crippen molar-refractivity contribution in [1.29, 1.82) is 0 Å². The number of ether oxygens (including phenoxy) is 2. The summed E-state index contributed by atoms with van der Waals surface area (Å²) in [5, 5.41) is 6.99. The highest BCUT2D eigenvalue weighted by molar-refractivity contribution is 7.80. The number of aryl methyl sites for hydroxylation is 1. The zero-order chi connectivity index (χ0) is 18.2. The predicted octanol–water partition coefficient (Wildman–Crippen LogP) is 4.53. The third-order valence-electron chi connectivity index (χ3n) is 3.66. The van der Waals surface area contributed by atoms with Gasteiger partial charge in [0.05, 0.1) is 13.2 Å². The molecule has 2 N–H and O–H groups in total. The lowest BCUT2D eigenvalue weighted by Crippen LogP contribution is -2.27. The summed E-state index contributed by atoms with van der Waals surface area (Å²) in [5.41, 5.74) is 3.35. The van der Waals surface area contributed by atoms with Crippen LogP contribution in [0.25, 0.3) is 0 Å². The lowest BCUT2D eigenvalue weighted by Gasteiger charge is -2.15. The normalized spacial score (nSPS) is 10.4. The number of nitrogens with one attached hydrogen (secondary N) is 2. The van der Waals surface area contributed by atoms with Crippen LogP contribution < -0.4 is 20.1 Å². The molecular formula is C20H26N2O2S. The summed E-state index contributed by atoms with van der Waals surface area (Å²) in [5.74, 6) is 1.47. The van der Waals surface area contributed by atoms with Crippen molar-refractivity contribution in [2.75, 3.05) is 12.4 Å². The first-order valence-corrected chi connectivity index (χ1v) is 8.90. The summed E-state index contributed by atoms with van der Waals surface area (Å²) in [7, 11) is 1.64. The third-order valence-corrected chi connectivity index (χ3v) is 3.91. The van der Waals surface area contributed by atoms with Crippen LogP contribution in [-0.4, -0.2) is 18.3 Å². The van der Waals surface area contributed by atoms with Gasteiger partial charge in [-0.3, -0.25) is 0 Å². The van der Waals surface area contributed by atoms with Crippen LogP contribution in [0, 0.1) is 0 Å². The first-order chi connectivity index (χ1) is 12.0. The van der Waals surface area contributed by atoms with Gasteiger partial charge in [-0.05, 0) is 67.9 Å². The van der Waals surface area contributed by atoms with Gasteiger partial charge in [0.2, 0.25) is 0 Å². The van der Waals surface area contributed by atoms with E-state index in [1.807, 2.05) is 44.2 Å². The third kappa shape index (κ3) is 5.94. The van der Waals surface area contributed by atoms with Gasteiger partial charge in [-0.25, -0.2) is 0 Å². The molecule has 25 heavy (non-hydrogen) atoms. The zero-order valence-electron chi connectivity index (χ0n) is 15.3. The highest BCUT2D eigenvalue weighted by Gasteiger charge is 2.08. The van der Waals surface area contributed by atoms with Gasteiger partial charge in [0.1, 0.15) is 0 Å². The average molecular weight is 359 g/mol. The minimum absolute atomic E-state index is 0.105. The maximum Gasteiger partial charge on any atom is 0.171 e. The molecule has 0 heterocycles. The van der Waals surface area contributed by atoms with Gasteiger partial charge in [-0.1, -0.05) is 25.1 Å². The molecule has 0 radical (unpaired) electrons. The number of anilines is 1. The summed E-state index contributed by atoms with van der Waals surface area (Å²) >= 11 is 5.36. The fraction of sp³-hybridized carbons (Fsp3) is 0.350. The second-order valence-corrected chi connectivity index (χ2v) is 6.42. The Morgan fingerprint density at radius 3 is 2.32 bits per heavy atom. The van der Waals surface area contributed by atoms with E-state index >= 15 is 0 Å². The van der Waals surface area contributed by atoms with E-state index in [1.165, 1.54) is 5.56 Å². The topological polar surface area (TPSA) is 42.5 Å². The van der Waals surface area contributed by atoms with Gasteiger partial charge in [-0.2, -0.15) is 0 Å². The number of hydrogen-bond donors (Lipinski definition) is 2. The number of hydrogen-bond acceptors (Lipinski definition) is 3. The van der Waals surface area contributed by atoms with Gasteiger partial charge < -0.3 is 20.1 Å². The van der Waals surface area contributed by atoms with E-state index in [-0.39, 0.29) is 6.10 Å². The number of thiocarbonyl (C=S) groups is 1. The SMILES string of the molecule is CCc1ccc(NC(=S)NCc2ccc(OC(C)C)c(OC)c2)cc1. The molecule has 2 aromatic rings. The standard InChI is InChI=1S/C20H26N2O2S/c1-5-15-6-9-17(10-7-15)22-20(25)21-13-16-8-11-18(24-14(2)3)19(12-16)23-4/h6-12,14H,5,13H2,1-4H3,(H2,21,22,25). The van der Waals surface area contributed by atoms with E-state index < -0.39 is 0 Å². The summed E-state index contributed by atoms with van der Waals surface area (Å²) in [6, 6.07) is 14.2. The number of benzene rings is 2. The largest absolute Gasteiger partial charge is 0.493 e. The minimum Gasteiger partial charge on any atom is -0.493 e. The molecule has 0 unspecified atom stereocenters. The molecule has 4 nitrogen and oxygen atoms in total. The molecular weight excluding hydrogens is 332 g/mol. The van der Waals surface area contributed by atoms with Gasteiger partial charge in [0.15, 0.2) is 16.6 Å². The molecule has 0 fully saturated rings. The van der Waals surface area contributed by atoms with Crippen LogP contribution in [-0.2, 0) is 13.0 Å². The van der Waals surface area contributed by atoms with Gasteiger partial charge in [0.25, 0.3) is 0 Å². The Kier molecular flexibility index (Phi) is 7.07. The molecule has 134 valence electrons. The summed E-state index contributed by atoms with van der Waals surface area (Å²) < 4.78 is 11.1. The fourth-order valence-corrected chi connectivity index (χ4v) is 2.54. The van der Waals surface area contributed by atoms with Gasteiger partial charge >= 0.3 is 0 Å². The Balaban J connectivity index is 1.92. The molecule has 0 atom stereocenters. The van der Waals surface area contributed by atoms with Gasteiger partial charge in [-0.15, -0.1) is 0 Å². The molecule has 5 heteroatoms. The number of rotatable bonds is 7. The Labute approximate surface area is 155 Å². The van der Waals surface area contributed by atoms with Crippen LogP contribution in [0.3, 0.4) is 0 Å². The highest BCUT2D eigenvalue weighted by Crippen LogP contribution is 2.28. The van der Waals surface area contributed by atoms with E-state index in [4.69, 9.17) is 21.7 Å².